The molecule has 0 aliphatic rings. The van der Waals surface area contributed by atoms with Gasteiger partial charge < -0.3 is 9.84 Å². The van der Waals surface area contributed by atoms with Crippen LogP contribution in [0.3, 0.4) is 0 Å². The van der Waals surface area contributed by atoms with Gasteiger partial charge in [0.1, 0.15) is 0 Å². The van der Waals surface area contributed by atoms with Crippen LogP contribution in [0.5, 0.6) is 0 Å². The van der Waals surface area contributed by atoms with E-state index < -0.39 is 12.1 Å². The highest BCUT2D eigenvalue weighted by Crippen LogP contribution is 2.17. The molecule has 0 bridgehead atoms. The lowest BCUT2D eigenvalue weighted by Gasteiger charge is -2.13. The van der Waals surface area contributed by atoms with Crippen LogP contribution in [0.1, 0.15) is 232 Å². The minimum absolute atomic E-state index is 0.340. The standard InChI is InChI=1S/C39H76O4/c1-3-5-7-9-11-13-15-16-17-18-19-20-21-22-23-24-26-28-30-32-34-36-38(40)43-37(39(41)42)35-33-31-29-27-25-14-12-10-8-6-4-2/h37H,3-36H2,1-2H3,(H,41,42). The number of rotatable bonds is 36. The molecule has 0 spiro atoms. The molecular formula is C39H76O4. The SMILES string of the molecule is CCCCCCCCCCCCCCCCCCCCCCCC(=O)OC(CCCCCCCCCCCCC)C(=O)O. The van der Waals surface area contributed by atoms with Gasteiger partial charge in [0.15, 0.2) is 6.10 Å². The minimum Gasteiger partial charge on any atom is -0.479 e. The summed E-state index contributed by atoms with van der Waals surface area (Å²) < 4.78 is 5.31. The van der Waals surface area contributed by atoms with Gasteiger partial charge in [-0.15, -0.1) is 0 Å². The first kappa shape index (κ1) is 41.9. The molecule has 4 nitrogen and oxygen atoms in total. The zero-order chi connectivity index (χ0) is 31.5. The molecule has 0 aromatic heterocycles. The van der Waals surface area contributed by atoms with E-state index in [1.165, 1.54) is 167 Å². The van der Waals surface area contributed by atoms with Crippen LogP contribution in [0.4, 0.5) is 0 Å². The van der Waals surface area contributed by atoms with E-state index in [-0.39, 0.29) is 5.97 Å². The fourth-order valence-corrected chi connectivity index (χ4v) is 6.15. The predicted octanol–water partition coefficient (Wildman–Crippen LogP) is 13.3. The van der Waals surface area contributed by atoms with Crippen molar-refractivity contribution in [1.82, 2.24) is 0 Å². The number of esters is 1. The first-order chi connectivity index (χ1) is 21.1. The molecule has 0 saturated carbocycles. The van der Waals surface area contributed by atoms with Crippen LogP contribution in [-0.2, 0) is 14.3 Å². The highest BCUT2D eigenvalue weighted by molar-refractivity contribution is 5.77. The molecule has 0 aromatic rings. The topological polar surface area (TPSA) is 63.6 Å². The highest BCUT2D eigenvalue weighted by atomic mass is 16.6. The summed E-state index contributed by atoms with van der Waals surface area (Å²) in [4.78, 5) is 23.7. The molecule has 0 fully saturated rings. The largest absolute Gasteiger partial charge is 0.479 e. The van der Waals surface area contributed by atoms with Gasteiger partial charge in [0.25, 0.3) is 0 Å². The molecule has 0 amide bonds. The molecule has 43 heavy (non-hydrogen) atoms. The smallest absolute Gasteiger partial charge is 0.345 e. The maximum Gasteiger partial charge on any atom is 0.345 e. The molecule has 4 heteroatoms. The third-order valence-corrected chi connectivity index (χ3v) is 9.10. The summed E-state index contributed by atoms with van der Waals surface area (Å²) in [5.41, 5.74) is 0. The maximum atomic E-state index is 12.2. The first-order valence-corrected chi connectivity index (χ1v) is 19.5. The molecule has 0 aromatic carbocycles. The Labute approximate surface area is 269 Å². The van der Waals surface area contributed by atoms with Crippen molar-refractivity contribution in [2.75, 3.05) is 0 Å². The quantitative estimate of drug-likeness (QED) is 0.0567. The van der Waals surface area contributed by atoms with Crippen molar-refractivity contribution in [3.63, 3.8) is 0 Å². The zero-order valence-electron chi connectivity index (χ0n) is 29.3. The summed E-state index contributed by atoms with van der Waals surface area (Å²) in [6, 6.07) is 0. The predicted molar refractivity (Wildman–Crippen MR) is 186 cm³/mol. The van der Waals surface area contributed by atoms with Crippen LogP contribution < -0.4 is 0 Å². The molecule has 0 aliphatic carbocycles. The van der Waals surface area contributed by atoms with Gasteiger partial charge in [0.2, 0.25) is 0 Å². The Morgan fingerprint density at radius 3 is 0.953 bits per heavy atom. The van der Waals surface area contributed by atoms with Gasteiger partial charge in [-0.1, -0.05) is 206 Å². The number of unbranched alkanes of at least 4 members (excludes halogenated alkanes) is 30. The Hall–Kier alpha value is -1.06. The Morgan fingerprint density at radius 1 is 0.419 bits per heavy atom. The van der Waals surface area contributed by atoms with Crippen LogP contribution in [-0.4, -0.2) is 23.1 Å². The van der Waals surface area contributed by atoms with E-state index in [0.29, 0.717) is 12.8 Å². The summed E-state index contributed by atoms with van der Waals surface area (Å²) in [6.45, 7) is 4.54. The fraction of sp³-hybridized carbons (Fsp3) is 0.949. The third kappa shape index (κ3) is 33.7. The maximum absolute atomic E-state index is 12.2. The second-order valence-corrected chi connectivity index (χ2v) is 13.5. The fourth-order valence-electron chi connectivity index (χ4n) is 6.15. The number of carbonyl (C=O) groups excluding carboxylic acids is 1. The summed E-state index contributed by atoms with van der Waals surface area (Å²) in [6.07, 6.45) is 41.5. The van der Waals surface area contributed by atoms with Gasteiger partial charge in [0, 0.05) is 6.42 Å². The Bertz CT molecular complexity index is 576. The Balaban J connectivity index is 3.44. The lowest BCUT2D eigenvalue weighted by atomic mass is 10.0. The van der Waals surface area contributed by atoms with Crippen molar-refractivity contribution < 1.29 is 19.4 Å². The van der Waals surface area contributed by atoms with Gasteiger partial charge in [-0.05, 0) is 19.3 Å². The van der Waals surface area contributed by atoms with E-state index in [4.69, 9.17) is 4.74 Å². The van der Waals surface area contributed by atoms with Crippen molar-refractivity contribution in [3.8, 4) is 0 Å². The number of carbonyl (C=O) groups is 2. The van der Waals surface area contributed by atoms with Crippen molar-refractivity contribution in [1.29, 1.82) is 0 Å². The van der Waals surface area contributed by atoms with Crippen molar-refractivity contribution >= 4 is 11.9 Å². The molecule has 0 aliphatic heterocycles. The molecule has 1 N–H and O–H groups in total. The number of hydrogen-bond acceptors (Lipinski definition) is 3. The number of ether oxygens (including phenoxy) is 1. The second kappa shape index (κ2) is 35.4. The van der Waals surface area contributed by atoms with E-state index in [0.717, 1.165) is 38.5 Å². The van der Waals surface area contributed by atoms with Gasteiger partial charge in [-0.25, -0.2) is 4.79 Å². The highest BCUT2D eigenvalue weighted by Gasteiger charge is 2.21. The molecule has 256 valence electrons. The Morgan fingerprint density at radius 2 is 0.674 bits per heavy atom. The van der Waals surface area contributed by atoms with Gasteiger partial charge >= 0.3 is 11.9 Å². The second-order valence-electron chi connectivity index (χ2n) is 13.5. The molecule has 0 rings (SSSR count). The van der Waals surface area contributed by atoms with Crippen LogP contribution in [0.15, 0.2) is 0 Å². The summed E-state index contributed by atoms with van der Waals surface area (Å²) in [7, 11) is 0. The van der Waals surface area contributed by atoms with Crippen LogP contribution in [0.2, 0.25) is 0 Å². The number of hydrogen-bond donors (Lipinski definition) is 1. The molecule has 1 unspecified atom stereocenters. The van der Waals surface area contributed by atoms with E-state index in [2.05, 4.69) is 13.8 Å². The molecule has 0 heterocycles. The average Bonchev–Trinajstić information content (AvgIpc) is 3.00. The van der Waals surface area contributed by atoms with E-state index in [9.17, 15) is 14.7 Å². The number of carboxylic acids is 1. The van der Waals surface area contributed by atoms with E-state index in [1.54, 1.807) is 0 Å². The summed E-state index contributed by atoms with van der Waals surface area (Å²) >= 11 is 0. The first-order valence-electron chi connectivity index (χ1n) is 19.5. The lowest BCUT2D eigenvalue weighted by Crippen LogP contribution is -2.27. The number of aliphatic carboxylic acids is 1. The average molecular weight is 609 g/mol. The normalized spacial score (nSPS) is 12.0. The van der Waals surface area contributed by atoms with Gasteiger partial charge in [0.05, 0.1) is 0 Å². The monoisotopic (exact) mass is 609 g/mol. The van der Waals surface area contributed by atoms with Crippen LogP contribution in [0.25, 0.3) is 0 Å². The van der Waals surface area contributed by atoms with Gasteiger partial charge in [-0.3, -0.25) is 4.79 Å². The van der Waals surface area contributed by atoms with Crippen LogP contribution >= 0.6 is 0 Å². The van der Waals surface area contributed by atoms with Crippen molar-refractivity contribution in [2.45, 2.75) is 238 Å². The zero-order valence-corrected chi connectivity index (χ0v) is 29.3. The van der Waals surface area contributed by atoms with E-state index in [1.807, 2.05) is 0 Å². The molecular weight excluding hydrogens is 532 g/mol. The third-order valence-electron chi connectivity index (χ3n) is 9.10. The molecule has 0 saturated heterocycles. The Kier molecular flexibility index (Phi) is 34.5. The van der Waals surface area contributed by atoms with Gasteiger partial charge in [-0.2, -0.15) is 0 Å². The summed E-state index contributed by atoms with van der Waals surface area (Å²) in [5.74, 6) is -1.34. The summed E-state index contributed by atoms with van der Waals surface area (Å²) in [5, 5.41) is 9.45. The van der Waals surface area contributed by atoms with E-state index >= 15 is 0 Å². The van der Waals surface area contributed by atoms with Crippen molar-refractivity contribution in [3.05, 3.63) is 0 Å². The van der Waals surface area contributed by atoms with Crippen LogP contribution in [0, 0.1) is 0 Å². The molecule has 0 radical (unpaired) electrons. The number of carboxylic acid groups (broad SMARTS) is 1. The lowest BCUT2D eigenvalue weighted by molar-refractivity contribution is -0.164. The molecule has 1 atom stereocenters. The minimum atomic E-state index is -1.00. The van der Waals surface area contributed by atoms with Crippen molar-refractivity contribution in [2.24, 2.45) is 0 Å².